The van der Waals surface area contributed by atoms with E-state index in [4.69, 9.17) is 26.8 Å². The van der Waals surface area contributed by atoms with E-state index < -0.39 is 6.04 Å². The molecule has 0 aliphatic carbocycles. The van der Waals surface area contributed by atoms with Crippen LogP contribution in [0.4, 0.5) is 5.69 Å². The van der Waals surface area contributed by atoms with Crippen molar-refractivity contribution in [3.63, 3.8) is 0 Å². The standard InChI is InChI=1S/C14H21ClN2O3/c1-5-8(2)13(16)14(18)17-10-7-11(19-3)9(15)6-12(10)20-4/h6-8,13H,5,16H2,1-4H3,(H,17,18)/t8-,13-/m0/s1. The largest absolute Gasteiger partial charge is 0.495 e. The van der Waals surface area contributed by atoms with Crippen molar-refractivity contribution in [1.82, 2.24) is 0 Å². The van der Waals surface area contributed by atoms with Crippen molar-refractivity contribution in [2.75, 3.05) is 19.5 Å². The predicted octanol–water partition coefficient (Wildman–Crippen LogP) is 2.67. The molecule has 0 heterocycles. The number of rotatable bonds is 6. The van der Waals surface area contributed by atoms with Gasteiger partial charge in [0.25, 0.3) is 0 Å². The van der Waals surface area contributed by atoms with Gasteiger partial charge in [-0.3, -0.25) is 4.79 Å². The van der Waals surface area contributed by atoms with Crippen LogP contribution in [-0.4, -0.2) is 26.2 Å². The van der Waals surface area contributed by atoms with E-state index >= 15 is 0 Å². The van der Waals surface area contributed by atoms with E-state index in [1.165, 1.54) is 14.2 Å². The van der Waals surface area contributed by atoms with E-state index in [-0.39, 0.29) is 11.8 Å². The summed E-state index contributed by atoms with van der Waals surface area (Å²) in [7, 11) is 3.01. The molecule has 0 radical (unpaired) electrons. The third-order valence-corrected chi connectivity index (χ3v) is 3.59. The zero-order chi connectivity index (χ0) is 15.3. The molecule has 0 saturated heterocycles. The van der Waals surface area contributed by atoms with Gasteiger partial charge in [0.1, 0.15) is 11.5 Å². The minimum absolute atomic E-state index is 0.0928. The molecule has 0 unspecified atom stereocenters. The first-order valence-corrected chi connectivity index (χ1v) is 6.80. The lowest BCUT2D eigenvalue weighted by Gasteiger charge is -2.19. The van der Waals surface area contributed by atoms with Gasteiger partial charge in [-0.15, -0.1) is 0 Å². The topological polar surface area (TPSA) is 73.6 Å². The highest BCUT2D eigenvalue weighted by molar-refractivity contribution is 6.32. The van der Waals surface area contributed by atoms with Crippen molar-refractivity contribution in [2.24, 2.45) is 11.7 Å². The molecule has 20 heavy (non-hydrogen) atoms. The first-order chi connectivity index (χ1) is 9.44. The van der Waals surface area contributed by atoms with Gasteiger partial charge in [0.15, 0.2) is 0 Å². The second kappa shape index (κ2) is 7.36. The maximum Gasteiger partial charge on any atom is 0.241 e. The van der Waals surface area contributed by atoms with Crippen LogP contribution in [0.15, 0.2) is 12.1 Å². The second-order valence-electron chi connectivity index (χ2n) is 4.59. The van der Waals surface area contributed by atoms with Crippen LogP contribution >= 0.6 is 11.6 Å². The SMILES string of the molecule is CC[C@H](C)[C@H](N)C(=O)Nc1cc(OC)c(Cl)cc1OC. The van der Waals surface area contributed by atoms with Crippen LogP contribution in [0.2, 0.25) is 5.02 Å². The number of hydrogen-bond donors (Lipinski definition) is 2. The molecule has 0 bridgehead atoms. The molecule has 0 aromatic heterocycles. The van der Waals surface area contributed by atoms with Gasteiger partial charge in [-0.2, -0.15) is 0 Å². The molecule has 0 spiro atoms. The number of carbonyl (C=O) groups is 1. The first kappa shape index (κ1) is 16.6. The van der Waals surface area contributed by atoms with Crippen molar-refractivity contribution in [1.29, 1.82) is 0 Å². The van der Waals surface area contributed by atoms with E-state index in [0.717, 1.165) is 6.42 Å². The number of nitrogens with two attached hydrogens (primary N) is 1. The summed E-state index contributed by atoms with van der Waals surface area (Å²) in [5.74, 6) is 0.748. The van der Waals surface area contributed by atoms with Gasteiger partial charge < -0.3 is 20.5 Å². The molecule has 0 fully saturated rings. The van der Waals surface area contributed by atoms with Gasteiger partial charge in [0.05, 0.1) is 31.0 Å². The Hall–Kier alpha value is -1.46. The molecule has 5 nitrogen and oxygen atoms in total. The number of anilines is 1. The van der Waals surface area contributed by atoms with Gasteiger partial charge in [-0.05, 0) is 5.92 Å². The summed E-state index contributed by atoms with van der Waals surface area (Å²) < 4.78 is 10.3. The zero-order valence-corrected chi connectivity index (χ0v) is 13.0. The molecular formula is C14H21ClN2O3. The van der Waals surface area contributed by atoms with Crippen LogP contribution in [0.3, 0.4) is 0 Å². The Morgan fingerprint density at radius 1 is 1.35 bits per heavy atom. The van der Waals surface area contributed by atoms with E-state index in [1.807, 2.05) is 13.8 Å². The lowest BCUT2D eigenvalue weighted by molar-refractivity contribution is -0.118. The van der Waals surface area contributed by atoms with E-state index in [1.54, 1.807) is 12.1 Å². The van der Waals surface area contributed by atoms with Gasteiger partial charge in [-0.25, -0.2) is 0 Å². The summed E-state index contributed by atoms with van der Waals surface area (Å²) >= 11 is 6.01. The Morgan fingerprint density at radius 3 is 2.45 bits per heavy atom. The van der Waals surface area contributed by atoms with Crippen molar-refractivity contribution in [3.8, 4) is 11.5 Å². The van der Waals surface area contributed by atoms with Crippen LogP contribution in [0.1, 0.15) is 20.3 Å². The molecule has 1 aromatic rings. The number of amides is 1. The van der Waals surface area contributed by atoms with Crippen molar-refractivity contribution in [3.05, 3.63) is 17.2 Å². The fraction of sp³-hybridized carbons (Fsp3) is 0.500. The normalized spacial score (nSPS) is 13.5. The lowest BCUT2D eigenvalue weighted by Crippen LogP contribution is -2.40. The molecule has 1 aromatic carbocycles. The molecule has 1 amide bonds. The van der Waals surface area contributed by atoms with Gasteiger partial charge >= 0.3 is 0 Å². The maximum atomic E-state index is 12.1. The summed E-state index contributed by atoms with van der Waals surface area (Å²) in [6, 6.07) is 2.62. The average molecular weight is 301 g/mol. The third kappa shape index (κ3) is 3.77. The lowest BCUT2D eigenvalue weighted by atomic mass is 9.99. The van der Waals surface area contributed by atoms with Crippen LogP contribution in [0.5, 0.6) is 11.5 Å². The summed E-state index contributed by atoms with van der Waals surface area (Å²) in [5, 5.41) is 3.16. The fourth-order valence-corrected chi connectivity index (χ4v) is 1.92. The van der Waals surface area contributed by atoms with Gasteiger partial charge in [0.2, 0.25) is 5.91 Å². The minimum atomic E-state index is -0.577. The Morgan fingerprint density at radius 2 is 1.95 bits per heavy atom. The molecule has 3 N–H and O–H groups in total. The quantitative estimate of drug-likeness (QED) is 0.847. The highest BCUT2D eigenvalue weighted by Gasteiger charge is 2.21. The molecule has 0 saturated carbocycles. The number of benzene rings is 1. The van der Waals surface area contributed by atoms with E-state index in [0.29, 0.717) is 22.2 Å². The van der Waals surface area contributed by atoms with Crippen LogP contribution < -0.4 is 20.5 Å². The highest BCUT2D eigenvalue weighted by Crippen LogP contribution is 2.35. The van der Waals surface area contributed by atoms with Gasteiger partial charge in [-0.1, -0.05) is 31.9 Å². The highest BCUT2D eigenvalue weighted by atomic mass is 35.5. The number of methoxy groups -OCH3 is 2. The molecule has 1 rings (SSSR count). The summed E-state index contributed by atoms with van der Waals surface area (Å²) in [4.78, 5) is 12.1. The number of nitrogens with one attached hydrogen (secondary N) is 1. The summed E-state index contributed by atoms with van der Waals surface area (Å²) in [6.45, 7) is 3.92. The molecule has 0 aliphatic heterocycles. The number of carbonyl (C=O) groups excluding carboxylic acids is 1. The number of halogens is 1. The fourth-order valence-electron chi connectivity index (χ4n) is 1.69. The second-order valence-corrected chi connectivity index (χ2v) is 4.99. The maximum absolute atomic E-state index is 12.1. The Balaban J connectivity index is 2.99. The molecule has 112 valence electrons. The van der Waals surface area contributed by atoms with Crippen molar-refractivity contribution >= 4 is 23.2 Å². The van der Waals surface area contributed by atoms with Crippen LogP contribution in [0, 0.1) is 5.92 Å². The smallest absolute Gasteiger partial charge is 0.241 e. The van der Waals surface area contributed by atoms with Crippen molar-refractivity contribution < 1.29 is 14.3 Å². The average Bonchev–Trinajstić information content (AvgIpc) is 2.46. The van der Waals surface area contributed by atoms with Gasteiger partial charge in [0, 0.05) is 12.1 Å². The Kier molecular flexibility index (Phi) is 6.10. The Labute approximate surface area is 124 Å². The number of ether oxygens (including phenoxy) is 2. The Bertz CT molecular complexity index is 480. The molecule has 2 atom stereocenters. The third-order valence-electron chi connectivity index (χ3n) is 3.29. The first-order valence-electron chi connectivity index (χ1n) is 6.42. The summed E-state index contributed by atoms with van der Waals surface area (Å²) in [5.41, 5.74) is 6.38. The van der Waals surface area contributed by atoms with E-state index in [2.05, 4.69) is 5.32 Å². The molecule has 6 heteroatoms. The molecule has 0 aliphatic rings. The zero-order valence-electron chi connectivity index (χ0n) is 12.2. The predicted molar refractivity (Wildman–Crippen MR) is 80.6 cm³/mol. The van der Waals surface area contributed by atoms with Crippen molar-refractivity contribution in [2.45, 2.75) is 26.3 Å². The molecular weight excluding hydrogens is 280 g/mol. The van der Waals surface area contributed by atoms with Crippen LogP contribution in [-0.2, 0) is 4.79 Å². The minimum Gasteiger partial charge on any atom is -0.495 e. The van der Waals surface area contributed by atoms with E-state index in [9.17, 15) is 4.79 Å². The monoisotopic (exact) mass is 300 g/mol. The summed E-state index contributed by atoms with van der Waals surface area (Å²) in [6.07, 6.45) is 0.829. The number of hydrogen-bond acceptors (Lipinski definition) is 4. The van der Waals surface area contributed by atoms with Crippen LogP contribution in [0.25, 0.3) is 0 Å².